The average Bonchev–Trinajstić information content (AvgIpc) is 2.51. The maximum Gasteiger partial charge on any atom is 0.275 e. The molecule has 4 nitrogen and oxygen atoms in total. The summed E-state index contributed by atoms with van der Waals surface area (Å²) in [6.07, 6.45) is 7.91. The number of hydrogen-bond acceptors (Lipinski definition) is 3. The Kier molecular flexibility index (Phi) is 3.43. The number of rotatable bonds is 3. The molecule has 1 amide bonds. The predicted molar refractivity (Wildman–Crippen MR) is 89.3 cm³/mol. The topological polar surface area (TPSA) is 61.7 Å². The number of nitrogens with one attached hydrogen (secondary N) is 1. The first-order chi connectivity index (χ1) is 11.1. The lowest BCUT2D eigenvalue weighted by Gasteiger charge is -2.56. The molecule has 4 saturated carbocycles. The van der Waals surface area contributed by atoms with E-state index in [0.717, 1.165) is 23.5 Å². The van der Waals surface area contributed by atoms with Gasteiger partial charge in [-0.1, -0.05) is 12.1 Å². The molecule has 0 aliphatic heterocycles. The molecule has 2 N–H and O–H groups in total. The van der Waals surface area contributed by atoms with Crippen LogP contribution in [0, 0.1) is 23.2 Å². The molecule has 0 saturated heterocycles. The van der Waals surface area contributed by atoms with Crippen molar-refractivity contribution in [1.29, 1.82) is 0 Å². The van der Waals surface area contributed by atoms with E-state index in [1.165, 1.54) is 44.6 Å². The number of carbonyl (C=O) groups excluding carboxylic acids is 1. The van der Waals surface area contributed by atoms with Crippen molar-refractivity contribution >= 4 is 11.6 Å². The van der Waals surface area contributed by atoms with Crippen molar-refractivity contribution in [2.75, 3.05) is 0 Å². The highest BCUT2D eigenvalue weighted by molar-refractivity contribution is 5.98. The third-order valence-electron chi connectivity index (χ3n) is 6.28. The van der Waals surface area contributed by atoms with E-state index in [1.54, 1.807) is 18.2 Å². The summed E-state index contributed by atoms with van der Waals surface area (Å²) in [4.78, 5) is 12.2. The molecule has 0 spiro atoms. The molecular weight excluding hydrogens is 288 g/mol. The number of para-hydroxylation sites is 1. The number of phenols is 1. The second kappa shape index (κ2) is 5.36. The molecule has 4 heteroatoms. The van der Waals surface area contributed by atoms with Crippen LogP contribution in [-0.2, 0) is 0 Å². The number of carbonyl (C=O) groups is 1. The standard InChI is InChI=1S/C19H24N2O2/c1-12(20-21-18(23)16-4-2-3-5-17(16)22)19-9-13-6-14(10-19)8-15(7-13)11-19/h2-5,13-15,22H,6-11H2,1H3,(H,21,23)/b20-12-. The Morgan fingerprint density at radius 3 is 2.26 bits per heavy atom. The Hall–Kier alpha value is -1.84. The van der Waals surface area contributed by atoms with Crippen molar-refractivity contribution in [3.63, 3.8) is 0 Å². The van der Waals surface area contributed by atoms with Crippen molar-refractivity contribution in [2.24, 2.45) is 28.3 Å². The highest BCUT2D eigenvalue weighted by atomic mass is 16.3. The van der Waals surface area contributed by atoms with Gasteiger partial charge in [0.25, 0.3) is 5.91 Å². The van der Waals surface area contributed by atoms with Crippen LogP contribution < -0.4 is 5.43 Å². The fraction of sp³-hybridized carbons (Fsp3) is 0.579. The van der Waals surface area contributed by atoms with Gasteiger partial charge in [-0.15, -0.1) is 0 Å². The van der Waals surface area contributed by atoms with Crippen LogP contribution in [0.3, 0.4) is 0 Å². The smallest absolute Gasteiger partial charge is 0.275 e. The van der Waals surface area contributed by atoms with Crippen LogP contribution in [0.2, 0.25) is 0 Å². The van der Waals surface area contributed by atoms with Gasteiger partial charge in [0, 0.05) is 11.1 Å². The van der Waals surface area contributed by atoms with Crippen LogP contribution in [0.4, 0.5) is 0 Å². The van der Waals surface area contributed by atoms with Gasteiger partial charge >= 0.3 is 0 Å². The molecule has 1 aromatic rings. The third-order valence-corrected chi connectivity index (χ3v) is 6.28. The number of hydrazone groups is 1. The van der Waals surface area contributed by atoms with E-state index in [1.807, 2.05) is 0 Å². The van der Waals surface area contributed by atoms with E-state index in [2.05, 4.69) is 17.5 Å². The van der Waals surface area contributed by atoms with Crippen molar-refractivity contribution in [1.82, 2.24) is 5.43 Å². The summed E-state index contributed by atoms with van der Waals surface area (Å²) in [7, 11) is 0. The minimum atomic E-state index is -0.341. The van der Waals surface area contributed by atoms with Crippen LogP contribution in [0.15, 0.2) is 29.4 Å². The van der Waals surface area contributed by atoms with Crippen LogP contribution in [-0.4, -0.2) is 16.7 Å². The zero-order valence-electron chi connectivity index (χ0n) is 13.6. The van der Waals surface area contributed by atoms with E-state index in [-0.39, 0.29) is 22.6 Å². The van der Waals surface area contributed by atoms with Crippen LogP contribution in [0.25, 0.3) is 0 Å². The normalized spacial score (nSPS) is 35.3. The highest BCUT2D eigenvalue weighted by Crippen LogP contribution is 2.60. The maximum absolute atomic E-state index is 12.2. The number of nitrogens with zero attached hydrogens (tertiary/aromatic N) is 1. The number of benzene rings is 1. The second-order valence-electron chi connectivity index (χ2n) is 7.85. The fourth-order valence-electron chi connectivity index (χ4n) is 5.53. The average molecular weight is 312 g/mol. The molecule has 23 heavy (non-hydrogen) atoms. The summed E-state index contributed by atoms with van der Waals surface area (Å²) in [6, 6.07) is 6.57. The second-order valence-corrected chi connectivity index (χ2v) is 7.85. The lowest BCUT2D eigenvalue weighted by atomic mass is 9.48. The number of amides is 1. The van der Waals surface area contributed by atoms with Gasteiger partial charge in [0.05, 0.1) is 5.56 Å². The molecule has 5 rings (SSSR count). The fourth-order valence-corrected chi connectivity index (χ4v) is 5.53. The zero-order valence-corrected chi connectivity index (χ0v) is 13.6. The molecule has 4 aliphatic carbocycles. The highest BCUT2D eigenvalue weighted by Gasteiger charge is 2.52. The van der Waals surface area contributed by atoms with Crippen LogP contribution >= 0.6 is 0 Å². The molecule has 0 atom stereocenters. The molecule has 1 aromatic carbocycles. The first kappa shape index (κ1) is 14.7. The van der Waals surface area contributed by atoms with Gasteiger partial charge in [0.15, 0.2) is 0 Å². The van der Waals surface area contributed by atoms with E-state index < -0.39 is 0 Å². The number of phenolic OH excluding ortho intramolecular Hbond substituents is 1. The van der Waals surface area contributed by atoms with E-state index in [4.69, 9.17) is 0 Å². The Morgan fingerprint density at radius 1 is 1.13 bits per heavy atom. The Bertz CT molecular complexity index is 630. The summed E-state index contributed by atoms with van der Waals surface area (Å²) in [6.45, 7) is 2.07. The van der Waals surface area contributed by atoms with E-state index in [9.17, 15) is 9.90 Å². The lowest BCUT2D eigenvalue weighted by Crippen LogP contribution is -2.49. The summed E-state index contributed by atoms with van der Waals surface area (Å²) in [5.41, 5.74) is 4.21. The van der Waals surface area contributed by atoms with Gasteiger partial charge in [-0.2, -0.15) is 5.10 Å². The van der Waals surface area contributed by atoms with Gasteiger partial charge < -0.3 is 5.11 Å². The minimum absolute atomic E-state index is 0.00680. The summed E-state index contributed by atoms with van der Waals surface area (Å²) >= 11 is 0. The first-order valence-corrected chi connectivity index (χ1v) is 8.69. The molecular formula is C19H24N2O2. The quantitative estimate of drug-likeness (QED) is 0.660. The van der Waals surface area contributed by atoms with Gasteiger partial charge in [-0.3, -0.25) is 4.79 Å². The first-order valence-electron chi connectivity index (χ1n) is 8.69. The zero-order chi connectivity index (χ0) is 16.0. The molecule has 4 fully saturated rings. The van der Waals surface area contributed by atoms with E-state index in [0.29, 0.717) is 0 Å². The molecule has 0 unspecified atom stereocenters. The molecule has 0 heterocycles. The SMILES string of the molecule is C/C(=N/NC(=O)c1ccccc1O)C12CC3CC(CC(C3)C1)C2. The number of hydrogen-bond donors (Lipinski definition) is 2. The van der Waals surface area contributed by atoms with Gasteiger partial charge in [-0.25, -0.2) is 5.43 Å². The molecule has 0 radical (unpaired) electrons. The molecule has 4 aliphatic rings. The molecule has 0 aromatic heterocycles. The van der Waals surface area contributed by atoms with E-state index >= 15 is 0 Å². The van der Waals surface area contributed by atoms with Crippen molar-refractivity contribution in [3.8, 4) is 5.75 Å². The van der Waals surface area contributed by atoms with Gasteiger partial charge in [0.2, 0.25) is 0 Å². The summed E-state index contributed by atoms with van der Waals surface area (Å²) in [5, 5.41) is 14.2. The third kappa shape index (κ3) is 2.54. The molecule has 122 valence electrons. The van der Waals surface area contributed by atoms with Gasteiger partial charge in [0.1, 0.15) is 5.75 Å². The predicted octanol–water partition coefficient (Wildman–Crippen LogP) is 3.71. The van der Waals surface area contributed by atoms with Crippen LogP contribution in [0.5, 0.6) is 5.75 Å². The molecule has 4 bridgehead atoms. The Balaban J connectivity index is 1.51. The van der Waals surface area contributed by atoms with Crippen molar-refractivity contribution < 1.29 is 9.90 Å². The Morgan fingerprint density at radius 2 is 1.70 bits per heavy atom. The summed E-state index contributed by atoms with van der Waals surface area (Å²) < 4.78 is 0. The maximum atomic E-state index is 12.2. The lowest BCUT2D eigenvalue weighted by molar-refractivity contribution is -0.0128. The largest absolute Gasteiger partial charge is 0.507 e. The van der Waals surface area contributed by atoms with Crippen LogP contribution in [0.1, 0.15) is 55.8 Å². The minimum Gasteiger partial charge on any atom is -0.507 e. The Labute approximate surface area is 137 Å². The monoisotopic (exact) mass is 312 g/mol. The van der Waals surface area contributed by atoms with Crippen molar-refractivity contribution in [2.45, 2.75) is 45.4 Å². The van der Waals surface area contributed by atoms with Crippen molar-refractivity contribution in [3.05, 3.63) is 29.8 Å². The number of aromatic hydroxyl groups is 1. The summed E-state index contributed by atoms with van der Waals surface area (Å²) in [5.74, 6) is 2.24. The van der Waals surface area contributed by atoms with Gasteiger partial charge in [-0.05, 0) is 75.3 Å².